The summed E-state index contributed by atoms with van der Waals surface area (Å²) in [6.45, 7) is 5.82. The molecule has 1 aromatic carbocycles. The number of ether oxygens (including phenoxy) is 1. The molecule has 0 atom stereocenters. The van der Waals surface area contributed by atoms with Gasteiger partial charge in [0.2, 0.25) is 0 Å². The molecule has 0 spiro atoms. The van der Waals surface area contributed by atoms with E-state index >= 15 is 0 Å². The van der Waals surface area contributed by atoms with Crippen LogP contribution < -0.4 is 5.73 Å². The van der Waals surface area contributed by atoms with Gasteiger partial charge < -0.3 is 10.5 Å². The van der Waals surface area contributed by atoms with Crippen LogP contribution in [0.3, 0.4) is 0 Å². The highest BCUT2D eigenvalue weighted by Crippen LogP contribution is 2.24. The molecule has 0 aliphatic carbocycles. The molecule has 108 valence electrons. The van der Waals surface area contributed by atoms with Crippen LogP contribution in [-0.2, 0) is 11.3 Å². The van der Waals surface area contributed by atoms with Gasteiger partial charge in [-0.25, -0.2) is 9.07 Å². The normalized spacial score (nSPS) is 11.2. The molecule has 0 radical (unpaired) electrons. The fourth-order valence-corrected chi connectivity index (χ4v) is 1.74. The molecule has 0 aliphatic heterocycles. The first kappa shape index (κ1) is 14.4. The minimum absolute atomic E-state index is 0.375. The summed E-state index contributed by atoms with van der Waals surface area (Å²) < 4.78 is 20.4. The summed E-state index contributed by atoms with van der Waals surface area (Å²) in [6.07, 6.45) is 0. The van der Waals surface area contributed by atoms with E-state index in [9.17, 15) is 4.39 Å². The smallest absolute Gasteiger partial charge is 0.184 e. The number of aromatic nitrogens is 4. The van der Waals surface area contributed by atoms with Crippen LogP contribution in [0.4, 0.5) is 10.1 Å². The van der Waals surface area contributed by atoms with E-state index in [2.05, 4.69) is 29.4 Å². The topological polar surface area (TPSA) is 78.8 Å². The van der Waals surface area contributed by atoms with Crippen molar-refractivity contribution in [1.82, 2.24) is 20.2 Å². The number of nitrogen functional groups attached to an aromatic ring is 1. The molecule has 2 rings (SSSR count). The van der Waals surface area contributed by atoms with Crippen molar-refractivity contribution in [3.8, 4) is 11.4 Å². The summed E-state index contributed by atoms with van der Waals surface area (Å²) in [5, 5.41) is 11.4. The van der Waals surface area contributed by atoms with Crippen LogP contribution in [0.5, 0.6) is 0 Å². The van der Waals surface area contributed by atoms with Crippen molar-refractivity contribution in [2.24, 2.45) is 5.92 Å². The number of nitrogens with two attached hydrogens (primary N) is 1. The van der Waals surface area contributed by atoms with Gasteiger partial charge in [-0.1, -0.05) is 13.8 Å². The van der Waals surface area contributed by atoms with Crippen LogP contribution in [0.2, 0.25) is 0 Å². The van der Waals surface area contributed by atoms with E-state index in [1.807, 2.05) is 0 Å². The van der Waals surface area contributed by atoms with E-state index in [-0.39, 0.29) is 5.82 Å². The number of nitrogens with zero attached hydrogens (tertiary/aromatic N) is 4. The van der Waals surface area contributed by atoms with Gasteiger partial charge in [0.1, 0.15) is 5.82 Å². The van der Waals surface area contributed by atoms with Crippen LogP contribution in [0.25, 0.3) is 11.4 Å². The third-order valence-corrected chi connectivity index (χ3v) is 2.69. The molecule has 2 aromatic rings. The predicted molar refractivity (Wildman–Crippen MR) is 73.3 cm³/mol. The van der Waals surface area contributed by atoms with Gasteiger partial charge in [-0.2, -0.15) is 0 Å². The van der Waals surface area contributed by atoms with Gasteiger partial charge in [0.15, 0.2) is 5.82 Å². The molecule has 0 unspecified atom stereocenters. The number of hydrogen-bond donors (Lipinski definition) is 1. The Morgan fingerprint density at radius 3 is 2.95 bits per heavy atom. The SMILES string of the molecule is CC(C)COCCn1nnnc1-c1cc(F)ccc1N. The van der Waals surface area contributed by atoms with E-state index in [1.54, 1.807) is 4.68 Å². The lowest BCUT2D eigenvalue weighted by Crippen LogP contribution is -2.12. The van der Waals surface area contributed by atoms with Gasteiger partial charge in [-0.15, -0.1) is 5.10 Å². The molecule has 6 nitrogen and oxygen atoms in total. The van der Waals surface area contributed by atoms with Crippen LogP contribution in [-0.4, -0.2) is 33.4 Å². The van der Waals surface area contributed by atoms with E-state index in [0.29, 0.717) is 42.8 Å². The number of benzene rings is 1. The van der Waals surface area contributed by atoms with E-state index in [4.69, 9.17) is 10.5 Å². The standard InChI is InChI=1S/C13H18FN5O/c1-9(2)8-20-6-5-19-13(16-17-18-19)11-7-10(14)3-4-12(11)15/h3-4,7,9H,5-6,8,15H2,1-2H3. The first-order valence-corrected chi connectivity index (χ1v) is 6.47. The van der Waals surface area contributed by atoms with Crippen LogP contribution >= 0.6 is 0 Å². The maximum atomic E-state index is 13.3. The van der Waals surface area contributed by atoms with Crippen molar-refractivity contribution < 1.29 is 9.13 Å². The number of rotatable bonds is 6. The summed E-state index contributed by atoms with van der Waals surface area (Å²) in [7, 11) is 0. The van der Waals surface area contributed by atoms with Crippen LogP contribution in [0, 0.1) is 11.7 Å². The van der Waals surface area contributed by atoms with E-state index < -0.39 is 0 Å². The van der Waals surface area contributed by atoms with Gasteiger partial charge >= 0.3 is 0 Å². The minimum Gasteiger partial charge on any atom is -0.398 e. The maximum absolute atomic E-state index is 13.3. The number of hydrogen-bond acceptors (Lipinski definition) is 5. The summed E-state index contributed by atoms with van der Waals surface area (Å²) in [5.41, 5.74) is 6.76. The second kappa shape index (κ2) is 6.42. The quantitative estimate of drug-likeness (QED) is 0.643. The Morgan fingerprint density at radius 2 is 2.20 bits per heavy atom. The Balaban J connectivity index is 2.10. The lowest BCUT2D eigenvalue weighted by atomic mass is 10.1. The van der Waals surface area contributed by atoms with Gasteiger partial charge in [-0.3, -0.25) is 0 Å². The minimum atomic E-state index is -0.375. The Morgan fingerprint density at radius 1 is 1.40 bits per heavy atom. The Labute approximate surface area is 116 Å². The van der Waals surface area contributed by atoms with Crippen molar-refractivity contribution in [2.75, 3.05) is 18.9 Å². The fraction of sp³-hybridized carbons (Fsp3) is 0.462. The average molecular weight is 279 g/mol. The molecule has 0 saturated carbocycles. The zero-order valence-corrected chi connectivity index (χ0v) is 11.6. The van der Waals surface area contributed by atoms with Gasteiger partial charge in [0.05, 0.1) is 13.2 Å². The molecule has 0 fully saturated rings. The first-order chi connectivity index (χ1) is 9.58. The molecule has 1 aromatic heterocycles. The van der Waals surface area contributed by atoms with Crippen LogP contribution in [0.1, 0.15) is 13.8 Å². The highest BCUT2D eigenvalue weighted by atomic mass is 19.1. The Kier molecular flexibility index (Phi) is 4.62. The number of halogens is 1. The Bertz CT molecular complexity index is 570. The predicted octanol–water partition coefficient (Wildman–Crippen LogP) is 1.73. The summed E-state index contributed by atoms with van der Waals surface area (Å²) in [4.78, 5) is 0. The van der Waals surface area contributed by atoms with Gasteiger partial charge in [0, 0.05) is 17.9 Å². The largest absolute Gasteiger partial charge is 0.398 e. The average Bonchev–Trinajstić information content (AvgIpc) is 2.85. The monoisotopic (exact) mass is 279 g/mol. The summed E-state index contributed by atoms with van der Waals surface area (Å²) in [6, 6.07) is 4.13. The Hall–Kier alpha value is -2.02. The highest BCUT2D eigenvalue weighted by Gasteiger charge is 2.12. The molecular weight excluding hydrogens is 261 g/mol. The van der Waals surface area contributed by atoms with Crippen molar-refractivity contribution in [2.45, 2.75) is 20.4 Å². The van der Waals surface area contributed by atoms with Crippen molar-refractivity contribution in [3.05, 3.63) is 24.0 Å². The van der Waals surface area contributed by atoms with E-state index in [1.165, 1.54) is 18.2 Å². The molecule has 0 saturated heterocycles. The molecule has 0 bridgehead atoms. The lowest BCUT2D eigenvalue weighted by Gasteiger charge is -2.09. The lowest BCUT2D eigenvalue weighted by molar-refractivity contribution is 0.101. The molecule has 20 heavy (non-hydrogen) atoms. The van der Waals surface area contributed by atoms with Gasteiger partial charge in [-0.05, 0) is 34.5 Å². The molecule has 0 amide bonds. The highest BCUT2D eigenvalue weighted by molar-refractivity contribution is 5.71. The third-order valence-electron chi connectivity index (χ3n) is 2.69. The fourth-order valence-electron chi connectivity index (χ4n) is 1.74. The number of tetrazole rings is 1. The molecular formula is C13H18FN5O. The summed E-state index contributed by atoms with van der Waals surface area (Å²) in [5.74, 6) is 0.539. The van der Waals surface area contributed by atoms with Gasteiger partial charge in [0.25, 0.3) is 0 Å². The third kappa shape index (κ3) is 3.51. The number of anilines is 1. The molecule has 2 N–H and O–H groups in total. The second-order valence-corrected chi connectivity index (χ2v) is 4.93. The van der Waals surface area contributed by atoms with Crippen LogP contribution in [0.15, 0.2) is 18.2 Å². The van der Waals surface area contributed by atoms with E-state index in [0.717, 1.165) is 0 Å². The van der Waals surface area contributed by atoms with Crippen molar-refractivity contribution >= 4 is 5.69 Å². The molecule has 0 aliphatic rings. The molecule has 1 heterocycles. The second-order valence-electron chi connectivity index (χ2n) is 4.93. The van der Waals surface area contributed by atoms with Crippen molar-refractivity contribution in [3.63, 3.8) is 0 Å². The summed E-state index contributed by atoms with van der Waals surface area (Å²) >= 11 is 0. The molecule has 7 heteroatoms. The first-order valence-electron chi connectivity index (χ1n) is 6.47. The zero-order chi connectivity index (χ0) is 14.5. The maximum Gasteiger partial charge on any atom is 0.184 e. The van der Waals surface area contributed by atoms with Crippen molar-refractivity contribution in [1.29, 1.82) is 0 Å². The zero-order valence-electron chi connectivity index (χ0n) is 11.6.